The van der Waals surface area contributed by atoms with E-state index in [-0.39, 0.29) is 17.6 Å². The molecule has 9 nitrogen and oxygen atoms in total. The molecule has 2 aliphatic rings. The fraction of sp³-hybridized carbons (Fsp3) is 0.435. The van der Waals surface area contributed by atoms with Crippen LogP contribution >= 0.6 is 11.3 Å². The van der Waals surface area contributed by atoms with Crippen LogP contribution in [0.15, 0.2) is 29.6 Å². The van der Waals surface area contributed by atoms with Gasteiger partial charge in [0.1, 0.15) is 11.7 Å². The predicted octanol–water partition coefficient (Wildman–Crippen LogP) is 1.74. The minimum atomic E-state index is -3.11. The number of carbonyl (C=O) groups is 3. The minimum Gasteiger partial charge on any atom is -0.379 e. The standard InChI is InChI=1S/C23H23F2N5O4S/c24-23(25)8-17(9-26)30(13-23)20(31)10-27-22(33)18-12-35-19(29-18)7-14-1-3-15(4-2-14)21(32)28-16-5-6-34-11-16/h1-4,12,16-17H,5-8,10-11,13H2,(H,27,33)(H,28,32)/t16?,17-/m0/s1. The molecule has 1 unspecified atom stereocenters. The van der Waals surface area contributed by atoms with Crippen molar-refractivity contribution in [3.05, 3.63) is 51.5 Å². The van der Waals surface area contributed by atoms with Crippen LogP contribution in [0.5, 0.6) is 0 Å². The summed E-state index contributed by atoms with van der Waals surface area (Å²) in [4.78, 5) is 42.0. The molecule has 3 amide bonds. The van der Waals surface area contributed by atoms with Gasteiger partial charge in [0.05, 0.1) is 36.8 Å². The van der Waals surface area contributed by atoms with Crippen LogP contribution in [-0.2, 0) is 16.0 Å². The minimum absolute atomic E-state index is 0.0291. The van der Waals surface area contributed by atoms with Crippen molar-refractivity contribution < 1.29 is 27.9 Å². The van der Waals surface area contributed by atoms with Crippen molar-refractivity contribution in [3.63, 3.8) is 0 Å². The van der Waals surface area contributed by atoms with Gasteiger partial charge in [-0.1, -0.05) is 12.1 Å². The van der Waals surface area contributed by atoms with Crippen molar-refractivity contribution >= 4 is 29.1 Å². The summed E-state index contributed by atoms with van der Waals surface area (Å²) < 4.78 is 32.3. The van der Waals surface area contributed by atoms with Crippen LogP contribution in [0.1, 0.15) is 44.3 Å². The molecule has 2 aliphatic heterocycles. The summed E-state index contributed by atoms with van der Waals surface area (Å²) >= 11 is 1.27. The van der Waals surface area contributed by atoms with Crippen LogP contribution < -0.4 is 10.6 Å². The Labute approximate surface area is 204 Å². The molecular formula is C23H23F2N5O4S. The van der Waals surface area contributed by atoms with Gasteiger partial charge in [-0.2, -0.15) is 5.26 Å². The topological polar surface area (TPSA) is 124 Å². The molecular weight excluding hydrogens is 480 g/mol. The molecule has 2 atom stereocenters. The van der Waals surface area contributed by atoms with Crippen LogP contribution in [0.3, 0.4) is 0 Å². The molecule has 2 N–H and O–H groups in total. The second-order valence-corrected chi connectivity index (χ2v) is 9.39. The number of hydrogen-bond donors (Lipinski definition) is 2. The average molecular weight is 504 g/mol. The lowest BCUT2D eigenvalue weighted by molar-refractivity contribution is -0.131. The van der Waals surface area contributed by atoms with E-state index in [2.05, 4.69) is 15.6 Å². The molecule has 12 heteroatoms. The van der Waals surface area contributed by atoms with Gasteiger partial charge in [0.15, 0.2) is 0 Å². The summed E-state index contributed by atoms with van der Waals surface area (Å²) in [5.74, 6) is -4.63. The van der Waals surface area contributed by atoms with Gasteiger partial charge < -0.3 is 20.3 Å². The Bertz CT molecular complexity index is 1140. The maximum Gasteiger partial charge on any atom is 0.271 e. The van der Waals surface area contributed by atoms with Gasteiger partial charge in [0.25, 0.3) is 17.7 Å². The normalized spacial score (nSPS) is 20.9. The first-order chi connectivity index (χ1) is 16.7. The Balaban J connectivity index is 1.28. The zero-order chi connectivity index (χ0) is 25.0. The number of likely N-dealkylation sites (tertiary alicyclic amines) is 1. The van der Waals surface area contributed by atoms with Crippen LogP contribution in [0.25, 0.3) is 0 Å². The number of alkyl halides is 2. The SMILES string of the molecule is N#C[C@@H]1CC(F)(F)CN1C(=O)CNC(=O)c1csc(Cc2ccc(C(=O)NC3CCOC3)cc2)n1. The smallest absolute Gasteiger partial charge is 0.271 e. The highest BCUT2D eigenvalue weighted by Crippen LogP contribution is 2.31. The van der Waals surface area contributed by atoms with E-state index in [1.54, 1.807) is 23.6 Å². The average Bonchev–Trinajstić information content (AvgIpc) is 3.58. The zero-order valence-corrected chi connectivity index (χ0v) is 19.4. The summed E-state index contributed by atoms with van der Waals surface area (Å²) in [7, 11) is 0. The second kappa shape index (κ2) is 10.5. The third-order valence-corrected chi connectivity index (χ3v) is 6.61. The largest absolute Gasteiger partial charge is 0.379 e. The molecule has 0 saturated carbocycles. The molecule has 4 rings (SSSR count). The molecule has 2 aromatic rings. The number of nitrogens with zero attached hydrogens (tertiary/aromatic N) is 3. The molecule has 184 valence electrons. The zero-order valence-electron chi connectivity index (χ0n) is 18.6. The van der Waals surface area contributed by atoms with E-state index in [1.165, 1.54) is 11.3 Å². The molecule has 0 bridgehead atoms. The molecule has 2 fully saturated rings. The van der Waals surface area contributed by atoms with E-state index in [4.69, 9.17) is 10.00 Å². The van der Waals surface area contributed by atoms with Gasteiger partial charge in [0, 0.05) is 30.4 Å². The molecule has 35 heavy (non-hydrogen) atoms. The van der Waals surface area contributed by atoms with Crippen molar-refractivity contribution in [1.82, 2.24) is 20.5 Å². The molecule has 2 saturated heterocycles. The number of thiazole rings is 1. The van der Waals surface area contributed by atoms with Crippen molar-refractivity contribution in [2.24, 2.45) is 0 Å². The van der Waals surface area contributed by atoms with Gasteiger partial charge in [-0.15, -0.1) is 11.3 Å². The van der Waals surface area contributed by atoms with Gasteiger partial charge in [-0.05, 0) is 24.1 Å². The Morgan fingerprint density at radius 1 is 1.26 bits per heavy atom. The Morgan fingerprint density at radius 2 is 2.03 bits per heavy atom. The number of halogens is 2. The lowest BCUT2D eigenvalue weighted by atomic mass is 10.1. The fourth-order valence-electron chi connectivity index (χ4n) is 3.90. The van der Waals surface area contributed by atoms with Crippen molar-refractivity contribution in [2.75, 3.05) is 26.3 Å². The van der Waals surface area contributed by atoms with E-state index >= 15 is 0 Å². The summed E-state index contributed by atoms with van der Waals surface area (Å²) in [6, 6.07) is 7.60. The third kappa shape index (κ3) is 6.17. The predicted molar refractivity (Wildman–Crippen MR) is 121 cm³/mol. The van der Waals surface area contributed by atoms with Crippen molar-refractivity contribution in [1.29, 1.82) is 5.26 Å². The molecule has 1 aromatic carbocycles. The molecule has 0 aliphatic carbocycles. The van der Waals surface area contributed by atoms with Crippen LogP contribution in [0.4, 0.5) is 8.78 Å². The van der Waals surface area contributed by atoms with Crippen LogP contribution in [-0.4, -0.2) is 71.9 Å². The fourth-order valence-corrected chi connectivity index (χ4v) is 4.71. The Hall–Kier alpha value is -3.43. The second-order valence-electron chi connectivity index (χ2n) is 8.44. The molecule has 3 heterocycles. The number of nitrogens with one attached hydrogen (secondary N) is 2. The van der Waals surface area contributed by atoms with E-state index in [0.717, 1.165) is 16.9 Å². The molecule has 1 aromatic heterocycles. The highest BCUT2D eigenvalue weighted by atomic mass is 32.1. The molecule has 0 radical (unpaired) electrons. The Morgan fingerprint density at radius 3 is 2.71 bits per heavy atom. The first-order valence-corrected chi connectivity index (χ1v) is 11.9. The number of carbonyl (C=O) groups excluding carboxylic acids is 3. The van der Waals surface area contributed by atoms with Gasteiger partial charge in [0.2, 0.25) is 5.91 Å². The summed E-state index contributed by atoms with van der Waals surface area (Å²) in [5, 5.41) is 16.5. The number of amides is 3. The summed E-state index contributed by atoms with van der Waals surface area (Å²) in [6.45, 7) is -0.174. The summed E-state index contributed by atoms with van der Waals surface area (Å²) in [6.07, 6.45) is 0.536. The third-order valence-electron chi connectivity index (χ3n) is 5.76. The van der Waals surface area contributed by atoms with Crippen molar-refractivity contribution in [2.45, 2.75) is 37.3 Å². The number of nitriles is 1. The quantitative estimate of drug-likeness (QED) is 0.593. The number of aromatic nitrogens is 1. The molecule has 0 spiro atoms. The Kier molecular flexibility index (Phi) is 7.37. The highest BCUT2D eigenvalue weighted by molar-refractivity contribution is 7.09. The number of ether oxygens (including phenoxy) is 1. The summed E-state index contributed by atoms with van der Waals surface area (Å²) in [5.41, 5.74) is 1.55. The monoisotopic (exact) mass is 503 g/mol. The van der Waals surface area contributed by atoms with Crippen molar-refractivity contribution in [3.8, 4) is 6.07 Å². The lowest BCUT2D eigenvalue weighted by Gasteiger charge is -2.19. The van der Waals surface area contributed by atoms with E-state index in [0.29, 0.717) is 30.2 Å². The maximum atomic E-state index is 13.5. The maximum absolute atomic E-state index is 13.5. The van der Waals surface area contributed by atoms with E-state index in [1.807, 2.05) is 12.1 Å². The highest BCUT2D eigenvalue weighted by Gasteiger charge is 2.47. The number of benzene rings is 1. The lowest BCUT2D eigenvalue weighted by Crippen LogP contribution is -2.43. The first-order valence-electron chi connectivity index (χ1n) is 11.0. The number of hydrogen-bond acceptors (Lipinski definition) is 7. The first kappa shape index (κ1) is 24.7. The van der Waals surface area contributed by atoms with E-state index in [9.17, 15) is 23.2 Å². The van der Waals surface area contributed by atoms with Gasteiger partial charge in [-0.25, -0.2) is 13.8 Å². The van der Waals surface area contributed by atoms with Crippen LogP contribution in [0, 0.1) is 11.3 Å². The van der Waals surface area contributed by atoms with Gasteiger partial charge >= 0.3 is 0 Å². The van der Waals surface area contributed by atoms with E-state index < -0.39 is 43.3 Å². The van der Waals surface area contributed by atoms with Crippen LogP contribution in [0.2, 0.25) is 0 Å². The van der Waals surface area contributed by atoms with Gasteiger partial charge in [-0.3, -0.25) is 14.4 Å². The number of rotatable bonds is 7.